The molecule has 0 saturated carbocycles. The van der Waals surface area contributed by atoms with E-state index in [2.05, 4.69) is 20.9 Å². The lowest BCUT2D eigenvalue weighted by atomic mass is 9.91. The van der Waals surface area contributed by atoms with Gasteiger partial charge in [0.05, 0.1) is 19.5 Å². The fraction of sp³-hybridized carbons (Fsp3) is 0.417. The number of imidazole rings is 1. The molecule has 0 radical (unpaired) electrons. The van der Waals surface area contributed by atoms with Crippen molar-refractivity contribution in [2.75, 3.05) is 18.9 Å². The third kappa shape index (κ3) is 1.64. The summed E-state index contributed by atoms with van der Waals surface area (Å²) in [6.45, 7) is -0.507. The molecule has 8 nitrogen and oxygen atoms in total. The minimum absolute atomic E-state index is 0.0268. The normalized spacial score (nSPS) is 28.9. The molecule has 3 rings (SSSR count). The first kappa shape index (κ1) is 13.7. The molecule has 110 valence electrons. The predicted octanol–water partition coefficient (Wildman–Crippen LogP) is -1.02. The highest BCUT2D eigenvalue weighted by atomic mass is 19.1. The zero-order valence-electron chi connectivity index (χ0n) is 10.8. The van der Waals surface area contributed by atoms with Gasteiger partial charge in [0.1, 0.15) is 0 Å². The zero-order chi connectivity index (χ0) is 15.3. The van der Waals surface area contributed by atoms with Gasteiger partial charge in [-0.2, -0.15) is 14.4 Å². The number of ether oxygens (including phenoxy) is 1. The van der Waals surface area contributed by atoms with Gasteiger partial charge in [-0.3, -0.25) is 4.57 Å². The predicted molar refractivity (Wildman–Crippen MR) is 69.1 cm³/mol. The third-order valence-electron chi connectivity index (χ3n) is 3.70. The minimum atomic E-state index is -1.82. The van der Waals surface area contributed by atoms with Crippen LogP contribution in [0.2, 0.25) is 0 Å². The number of rotatable bonds is 2. The van der Waals surface area contributed by atoms with Crippen LogP contribution in [-0.4, -0.2) is 48.5 Å². The number of aliphatic hydroxyl groups excluding tert-OH is 1. The summed E-state index contributed by atoms with van der Waals surface area (Å²) in [5.74, 6) is 2.10. The van der Waals surface area contributed by atoms with E-state index in [4.69, 9.17) is 16.9 Å². The Morgan fingerprint density at radius 3 is 3.00 bits per heavy atom. The lowest BCUT2D eigenvalue weighted by molar-refractivity contribution is -0.152. The number of halogens is 1. The molecule has 2 unspecified atom stereocenters. The molecule has 3 heterocycles. The van der Waals surface area contributed by atoms with Gasteiger partial charge in [-0.15, -0.1) is 6.42 Å². The zero-order valence-corrected chi connectivity index (χ0v) is 10.8. The number of hydrogen-bond donors (Lipinski definition) is 3. The van der Waals surface area contributed by atoms with Crippen LogP contribution in [0.15, 0.2) is 6.33 Å². The average Bonchev–Trinajstić information content (AvgIpc) is 3.01. The van der Waals surface area contributed by atoms with Crippen molar-refractivity contribution in [3.8, 4) is 12.3 Å². The van der Waals surface area contributed by atoms with E-state index in [0.717, 1.165) is 4.57 Å². The summed E-state index contributed by atoms with van der Waals surface area (Å²) < 4.78 is 19.9. The molecule has 2 atom stereocenters. The molecule has 1 fully saturated rings. The molecule has 2 aromatic rings. The molecule has 1 saturated heterocycles. The summed E-state index contributed by atoms with van der Waals surface area (Å²) in [5.41, 5.74) is 2.18. The van der Waals surface area contributed by atoms with Crippen molar-refractivity contribution >= 4 is 17.0 Å². The standard InChI is InChI=1S/C12H12FN5O3/c1-2-11(5-19)12(20,3-4-21-11)18-6-15-7-8(14)16-10(13)17-9(7)18/h1,6,19-20H,3-5H2,(H2,14,16,17). The molecule has 1 aliphatic heterocycles. The van der Waals surface area contributed by atoms with Gasteiger partial charge in [0, 0.05) is 6.42 Å². The van der Waals surface area contributed by atoms with Gasteiger partial charge in [-0.25, -0.2) is 4.98 Å². The molecule has 0 bridgehead atoms. The lowest BCUT2D eigenvalue weighted by Gasteiger charge is -2.36. The van der Waals surface area contributed by atoms with Crippen molar-refractivity contribution in [2.24, 2.45) is 0 Å². The molecule has 2 aromatic heterocycles. The average molecular weight is 293 g/mol. The number of fused-ring (bicyclic) bond motifs is 1. The maximum absolute atomic E-state index is 13.4. The molecule has 1 aliphatic rings. The molecule has 4 N–H and O–H groups in total. The second-order valence-corrected chi connectivity index (χ2v) is 4.71. The quantitative estimate of drug-likeness (QED) is 0.479. The SMILES string of the molecule is C#CC1(CO)OCCC1(O)n1cnc2c(N)nc(F)nc21. The van der Waals surface area contributed by atoms with Crippen molar-refractivity contribution in [2.45, 2.75) is 17.7 Å². The fourth-order valence-electron chi connectivity index (χ4n) is 2.54. The summed E-state index contributed by atoms with van der Waals surface area (Å²) in [6.07, 6.45) is 5.64. The molecule has 21 heavy (non-hydrogen) atoms. The van der Waals surface area contributed by atoms with Crippen LogP contribution in [0.1, 0.15) is 6.42 Å². The summed E-state index contributed by atoms with van der Waals surface area (Å²) in [7, 11) is 0. The van der Waals surface area contributed by atoms with E-state index >= 15 is 0 Å². The van der Waals surface area contributed by atoms with E-state index in [1.807, 2.05) is 0 Å². The van der Waals surface area contributed by atoms with E-state index in [9.17, 15) is 14.6 Å². The van der Waals surface area contributed by atoms with Crippen LogP contribution < -0.4 is 5.73 Å². The highest BCUT2D eigenvalue weighted by Gasteiger charge is 2.57. The minimum Gasteiger partial charge on any atom is -0.392 e. The number of hydrogen-bond acceptors (Lipinski definition) is 7. The number of aliphatic hydroxyl groups is 2. The van der Waals surface area contributed by atoms with Gasteiger partial charge in [0.15, 0.2) is 28.3 Å². The molecular formula is C12H12FN5O3. The first-order chi connectivity index (χ1) is 9.97. The number of nitrogen functional groups attached to an aromatic ring is 1. The molecule has 9 heteroatoms. The van der Waals surface area contributed by atoms with Crippen LogP contribution in [0, 0.1) is 18.4 Å². The molecule has 0 spiro atoms. The van der Waals surface area contributed by atoms with Crippen molar-refractivity contribution in [3.05, 3.63) is 12.4 Å². The van der Waals surface area contributed by atoms with Crippen molar-refractivity contribution in [1.82, 2.24) is 19.5 Å². The van der Waals surface area contributed by atoms with Crippen LogP contribution >= 0.6 is 0 Å². The van der Waals surface area contributed by atoms with Crippen LogP contribution in [0.5, 0.6) is 0 Å². The van der Waals surface area contributed by atoms with Gasteiger partial charge in [0.25, 0.3) is 0 Å². The van der Waals surface area contributed by atoms with Crippen LogP contribution in [-0.2, 0) is 10.5 Å². The van der Waals surface area contributed by atoms with Crippen molar-refractivity contribution in [3.63, 3.8) is 0 Å². The van der Waals surface area contributed by atoms with Crippen molar-refractivity contribution in [1.29, 1.82) is 0 Å². The Morgan fingerprint density at radius 2 is 2.33 bits per heavy atom. The monoisotopic (exact) mass is 293 g/mol. The van der Waals surface area contributed by atoms with E-state index in [0.29, 0.717) is 0 Å². The number of anilines is 1. The number of nitrogens with two attached hydrogens (primary N) is 1. The maximum Gasteiger partial charge on any atom is 0.312 e. The molecule has 0 aromatic carbocycles. The summed E-state index contributed by atoms with van der Waals surface area (Å²) >= 11 is 0. The van der Waals surface area contributed by atoms with Crippen LogP contribution in [0.4, 0.5) is 10.2 Å². The largest absolute Gasteiger partial charge is 0.392 e. The van der Waals surface area contributed by atoms with Gasteiger partial charge in [0.2, 0.25) is 0 Å². The maximum atomic E-state index is 13.4. The van der Waals surface area contributed by atoms with Crippen LogP contribution in [0.3, 0.4) is 0 Å². The Bertz CT molecular complexity index is 757. The Labute approximate surface area is 118 Å². The van der Waals surface area contributed by atoms with E-state index < -0.39 is 24.0 Å². The lowest BCUT2D eigenvalue weighted by Crippen LogP contribution is -2.54. The second kappa shape index (κ2) is 4.36. The highest BCUT2D eigenvalue weighted by Crippen LogP contribution is 2.41. The number of nitrogens with zero attached hydrogens (tertiary/aromatic N) is 4. The Morgan fingerprint density at radius 1 is 1.57 bits per heavy atom. The van der Waals surface area contributed by atoms with Crippen molar-refractivity contribution < 1.29 is 19.3 Å². The molecule has 0 amide bonds. The fourth-order valence-corrected chi connectivity index (χ4v) is 2.54. The Kier molecular flexibility index (Phi) is 2.84. The summed E-state index contributed by atoms with van der Waals surface area (Å²) in [4.78, 5) is 10.9. The molecule has 0 aliphatic carbocycles. The first-order valence-corrected chi connectivity index (χ1v) is 6.09. The van der Waals surface area contributed by atoms with E-state index in [1.54, 1.807) is 0 Å². The Hall–Kier alpha value is -2.28. The smallest absolute Gasteiger partial charge is 0.312 e. The van der Waals surface area contributed by atoms with Gasteiger partial charge < -0.3 is 20.7 Å². The van der Waals surface area contributed by atoms with Gasteiger partial charge in [-0.05, 0) is 0 Å². The van der Waals surface area contributed by atoms with E-state index in [1.165, 1.54) is 6.33 Å². The summed E-state index contributed by atoms with van der Waals surface area (Å²) in [6, 6.07) is 0. The summed E-state index contributed by atoms with van der Waals surface area (Å²) in [5, 5.41) is 20.5. The highest BCUT2D eigenvalue weighted by molar-refractivity contribution is 5.81. The van der Waals surface area contributed by atoms with Gasteiger partial charge in [-0.1, -0.05) is 5.92 Å². The van der Waals surface area contributed by atoms with E-state index in [-0.39, 0.29) is 30.0 Å². The number of aromatic nitrogens is 4. The Balaban J connectivity index is 2.27. The third-order valence-corrected chi connectivity index (χ3v) is 3.70. The number of terminal acetylenes is 1. The van der Waals surface area contributed by atoms with Crippen LogP contribution in [0.25, 0.3) is 11.2 Å². The first-order valence-electron chi connectivity index (χ1n) is 6.09. The van der Waals surface area contributed by atoms with Gasteiger partial charge >= 0.3 is 6.08 Å². The topological polar surface area (TPSA) is 119 Å². The molecular weight excluding hydrogens is 281 g/mol. The second-order valence-electron chi connectivity index (χ2n) is 4.71.